The van der Waals surface area contributed by atoms with E-state index in [2.05, 4.69) is 11.9 Å². The maximum absolute atomic E-state index is 12.2. The molecule has 0 aliphatic carbocycles. The number of furan rings is 1. The Morgan fingerprint density at radius 1 is 1.31 bits per heavy atom. The van der Waals surface area contributed by atoms with Crippen LogP contribution in [0.15, 0.2) is 59.7 Å². The van der Waals surface area contributed by atoms with Crippen LogP contribution in [0.2, 0.25) is 5.02 Å². The van der Waals surface area contributed by atoms with Gasteiger partial charge in [-0.2, -0.15) is 0 Å². The number of rotatable bonds is 7. The topological polar surface area (TPSA) is 51.5 Å². The Balaban J connectivity index is 2.17. The van der Waals surface area contributed by atoms with Crippen molar-refractivity contribution in [1.82, 2.24) is 5.32 Å². The van der Waals surface area contributed by atoms with E-state index in [-0.39, 0.29) is 5.91 Å². The van der Waals surface area contributed by atoms with Gasteiger partial charge in [0.15, 0.2) is 0 Å². The third kappa shape index (κ3) is 4.38. The molecule has 0 bridgehead atoms. The molecule has 2 aromatic carbocycles. The van der Waals surface area contributed by atoms with Crippen molar-refractivity contribution in [3.8, 4) is 16.9 Å². The van der Waals surface area contributed by atoms with Crippen LogP contribution in [0, 0.1) is 6.92 Å². The number of ether oxygens (including phenoxy) is 1. The van der Waals surface area contributed by atoms with E-state index < -0.39 is 0 Å². The smallest absolute Gasteiger partial charge is 0.244 e. The molecule has 0 saturated carbocycles. The van der Waals surface area contributed by atoms with Crippen LogP contribution in [0.3, 0.4) is 0 Å². The van der Waals surface area contributed by atoms with Gasteiger partial charge in [0.05, 0.1) is 12.9 Å². The van der Waals surface area contributed by atoms with Crippen LogP contribution in [0.5, 0.6) is 5.75 Å². The number of hydrogen-bond acceptors (Lipinski definition) is 3. The van der Waals surface area contributed by atoms with Gasteiger partial charge in [-0.15, -0.1) is 6.58 Å². The minimum atomic E-state index is -0.173. The van der Waals surface area contributed by atoms with Crippen molar-refractivity contribution >= 4 is 34.1 Å². The second kappa shape index (κ2) is 9.01. The summed E-state index contributed by atoms with van der Waals surface area (Å²) < 4.78 is 11.8. The van der Waals surface area contributed by atoms with Gasteiger partial charge in [-0.05, 0) is 50.1 Å². The lowest BCUT2D eigenvalue weighted by Crippen LogP contribution is -2.20. The van der Waals surface area contributed by atoms with Crippen LogP contribution in [-0.2, 0) is 4.79 Å². The molecule has 3 rings (SSSR count). The van der Waals surface area contributed by atoms with Crippen molar-refractivity contribution in [3.05, 3.63) is 71.5 Å². The van der Waals surface area contributed by atoms with E-state index in [1.807, 2.05) is 51.1 Å². The molecule has 1 amide bonds. The largest absolute Gasteiger partial charge is 0.493 e. The summed E-state index contributed by atoms with van der Waals surface area (Å²) in [6.07, 6.45) is 4.97. The number of carbonyl (C=O) groups excluding carboxylic acids is 1. The Kier molecular flexibility index (Phi) is 6.45. The number of halogens is 1. The Morgan fingerprint density at radius 2 is 2.03 bits per heavy atom. The minimum Gasteiger partial charge on any atom is -0.493 e. The first-order chi connectivity index (χ1) is 14.0. The van der Waals surface area contributed by atoms with Gasteiger partial charge in [-0.3, -0.25) is 4.79 Å². The standard InChI is InChI=1S/C24H24ClNO3/c1-5-11-26-22(27)12-15(3)19-13-20-21(17-7-9-18(25)10-8-17)14-29-24(20)16(4)23(19)28-6-2/h5,7-10,12-14H,1,6,11H2,2-4H3,(H,26,27)/b15-12+. The fraction of sp³-hybridized carbons (Fsp3) is 0.208. The third-order valence-electron chi connectivity index (χ3n) is 4.68. The second-order valence-corrected chi connectivity index (χ2v) is 7.14. The summed E-state index contributed by atoms with van der Waals surface area (Å²) in [7, 11) is 0. The van der Waals surface area contributed by atoms with Gasteiger partial charge in [-0.25, -0.2) is 0 Å². The van der Waals surface area contributed by atoms with Gasteiger partial charge < -0.3 is 14.5 Å². The average molecular weight is 410 g/mol. The predicted molar refractivity (Wildman–Crippen MR) is 119 cm³/mol. The molecule has 0 radical (unpaired) electrons. The zero-order chi connectivity index (χ0) is 21.0. The van der Waals surface area contributed by atoms with Gasteiger partial charge in [0.2, 0.25) is 5.91 Å². The number of carbonyl (C=O) groups is 1. The quantitative estimate of drug-likeness (QED) is 0.375. The molecule has 0 fully saturated rings. The van der Waals surface area contributed by atoms with E-state index in [9.17, 15) is 4.79 Å². The SMILES string of the molecule is C=CCNC(=O)/C=C(\C)c1cc2c(-c3ccc(Cl)cc3)coc2c(C)c1OCC. The zero-order valence-corrected chi connectivity index (χ0v) is 17.6. The summed E-state index contributed by atoms with van der Waals surface area (Å²) in [5.41, 5.74) is 5.32. The number of amides is 1. The highest BCUT2D eigenvalue weighted by atomic mass is 35.5. The summed E-state index contributed by atoms with van der Waals surface area (Å²) in [6.45, 7) is 10.4. The maximum Gasteiger partial charge on any atom is 0.244 e. The molecule has 1 heterocycles. The molecule has 150 valence electrons. The first kappa shape index (κ1) is 20.7. The van der Waals surface area contributed by atoms with Crippen LogP contribution in [0.1, 0.15) is 25.0 Å². The van der Waals surface area contributed by atoms with E-state index >= 15 is 0 Å². The molecule has 29 heavy (non-hydrogen) atoms. The Morgan fingerprint density at radius 3 is 2.69 bits per heavy atom. The number of nitrogens with one attached hydrogen (secondary N) is 1. The number of hydrogen-bond donors (Lipinski definition) is 1. The van der Waals surface area contributed by atoms with Gasteiger partial charge in [0.1, 0.15) is 11.3 Å². The van der Waals surface area contributed by atoms with E-state index in [1.54, 1.807) is 18.4 Å². The molecule has 0 spiro atoms. The van der Waals surface area contributed by atoms with Crippen molar-refractivity contribution in [2.75, 3.05) is 13.2 Å². The van der Waals surface area contributed by atoms with Crippen molar-refractivity contribution in [1.29, 1.82) is 0 Å². The Hall–Kier alpha value is -2.98. The fourth-order valence-electron chi connectivity index (χ4n) is 3.29. The normalized spacial score (nSPS) is 11.5. The molecule has 1 aromatic heterocycles. The lowest BCUT2D eigenvalue weighted by molar-refractivity contribution is -0.116. The number of allylic oxidation sites excluding steroid dienone is 1. The van der Waals surface area contributed by atoms with Gasteiger partial charge in [0, 0.05) is 39.7 Å². The van der Waals surface area contributed by atoms with Gasteiger partial charge in [-0.1, -0.05) is 29.8 Å². The highest BCUT2D eigenvalue weighted by molar-refractivity contribution is 6.30. The lowest BCUT2D eigenvalue weighted by Gasteiger charge is -2.15. The van der Waals surface area contributed by atoms with Crippen LogP contribution < -0.4 is 10.1 Å². The van der Waals surface area contributed by atoms with Crippen molar-refractivity contribution in [2.24, 2.45) is 0 Å². The number of fused-ring (bicyclic) bond motifs is 1. The van der Waals surface area contributed by atoms with E-state index in [0.717, 1.165) is 44.5 Å². The van der Waals surface area contributed by atoms with Crippen LogP contribution in [0.25, 0.3) is 27.7 Å². The summed E-state index contributed by atoms with van der Waals surface area (Å²) in [5, 5.41) is 4.41. The van der Waals surface area contributed by atoms with Gasteiger partial charge >= 0.3 is 0 Å². The highest BCUT2D eigenvalue weighted by Gasteiger charge is 2.19. The second-order valence-electron chi connectivity index (χ2n) is 6.71. The molecule has 0 aliphatic rings. The van der Waals surface area contributed by atoms with E-state index in [4.69, 9.17) is 20.8 Å². The van der Waals surface area contributed by atoms with Crippen LogP contribution in [0.4, 0.5) is 0 Å². The zero-order valence-electron chi connectivity index (χ0n) is 16.8. The molecule has 1 N–H and O–H groups in total. The number of benzene rings is 2. The Bertz CT molecular complexity index is 1080. The molecule has 0 unspecified atom stereocenters. The van der Waals surface area contributed by atoms with Crippen molar-refractivity contribution < 1.29 is 13.9 Å². The highest BCUT2D eigenvalue weighted by Crippen LogP contribution is 2.40. The van der Waals surface area contributed by atoms with E-state index in [0.29, 0.717) is 18.2 Å². The first-order valence-electron chi connectivity index (χ1n) is 9.47. The molecule has 3 aromatic rings. The maximum atomic E-state index is 12.2. The lowest BCUT2D eigenvalue weighted by atomic mass is 9.96. The molecule has 0 atom stereocenters. The molecular weight excluding hydrogens is 386 g/mol. The summed E-state index contributed by atoms with van der Waals surface area (Å²) in [5.74, 6) is 0.551. The van der Waals surface area contributed by atoms with Crippen LogP contribution >= 0.6 is 11.6 Å². The minimum absolute atomic E-state index is 0.173. The first-order valence-corrected chi connectivity index (χ1v) is 9.85. The summed E-state index contributed by atoms with van der Waals surface area (Å²) in [6, 6.07) is 9.65. The molecular formula is C24H24ClNO3. The summed E-state index contributed by atoms with van der Waals surface area (Å²) in [4.78, 5) is 12.2. The van der Waals surface area contributed by atoms with E-state index in [1.165, 1.54) is 0 Å². The fourth-order valence-corrected chi connectivity index (χ4v) is 3.42. The third-order valence-corrected chi connectivity index (χ3v) is 4.93. The molecule has 4 nitrogen and oxygen atoms in total. The number of aryl methyl sites for hydroxylation is 1. The predicted octanol–water partition coefficient (Wildman–Crippen LogP) is 6.17. The summed E-state index contributed by atoms with van der Waals surface area (Å²) >= 11 is 6.03. The molecule has 0 aliphatic heterocycles. The van der Waals surface area contributed by atoms with Crippen molar-refractivity contribution in [2.45, 2.75) is 20.8 Å². The van der Waals surface area contributed by atoms with Crippen molar-refractivity contribution in [3.63, 3.8) is 0 Å². The van der Waals surface area contributed by atoms with Crippen LogP contribution in [-0.4, -0.2) is 19.1 Å². The molecule has 0 saturated heterocycles. The van der Waals surface area contributed by atoms with Gasteiger partial charge in [0.25, 0.3) is 0 Å². The monoisotopic (exact) mass is 409 g/mol. The molecule has 5 heteroatoms. The average Bonchev–Trinajstić information content (AvgIpc) is 3.13. The Labute approximate surface area is 175 Å².